The normalized spacial score (nSPS) is 23.5. The Kier molecular flexibility index (Phi) is 4.57. The third-order valence-corrected chi connectivity index (χ3v) is 6.20. The summed E-state index contributed by atoms with van der Waals surface area (Å²) in [5, 5.41) is 7.29. The minimum absolute atomic E-state index is 0.0554. The first-order chi connectivity index (χ1) is 10.9. The summed E-state index contributed by atoms with van der Waals surface area (Å²) in [6, 6.07) is 1.62. The van der Waals surface area contributed by atoms with E-state index in [1.54, 1.807) is 10.7 Å². The first-order valence-electron chi connectivity index (χ1n) is 8.17. The molecule has 0 radical (unpaired) electrons. The maximum atomic E-state index is 12.3. The van der Waals surface area contributed by atoms with E-state index in [0.29, 0.717) is 18.7 Å². The molecule has 0 unspecified atom stereocenters. The second kappa shape index (κ2) is 6.47. The third-order valence-electron chi connectivity index (χ3n) is 4.45. The van der Waals surface area contributed by atoms with E-state index in [-0.39, 0.29) is 23.5 Å². The van der Waals surface area contributed by atoms with E-state index in [2.05, 4.69) is 16.5 Å². The Hall–Kier alpha value is -1.63. The van der Waals surface area contributed by atoms with Gasteiger partial charge in [0.1, 0.15) is 5.82 Å². The number of nitrogens with one attached hydrogen (secondary N) is 1. The number of rotatable bonds is 4. The monoisotopic (exact) mass is 337 g/mol. The number of carbonyl (C=O) groups excluding carboxylic acids is 1. The second-order valence-electron chi connectivity index (χ2n) is 6.51. The van der Waals surface area contributed by atoms with Gasteiger partial charge in [0.25, 0.3) is 0 Å². The smallest absolute Gasteiger partial charge is 0.229 e. The average Bonchev–Trinajstić information content (AvgIpc) is 3.02. The molecule has 1 fully saturated rings. The lowest BCUT2D eigenvalue weighted by molar-refractivity contribution is -0.115. The molecule has 1 saturated heterocycles. The van der Waals surface area contributed by atoms with E-state index < -0.39 is 9.84 Å². The summed E-state index contributed by atoms with van der Waals surface area (Å²) in [5.74, 6) is 0.838. The molecule has 1 aromatic heterocycles. The van der Waals surface area contributed by atoms with E-state index in [4.69, 9.17) is 0 Å². The van der Waals surface area contributed by atoms with Gasteiger partial charge in [0, 0.05) is 12.5 Å². The number of aryl methyl sites for hydroxylation is 1. The van der Waals surface area contributed by atoms with Crippen molar-refractivity contribution in [2.24, 2.45) is 0 Å². The molecule has 1 atom stereocenters. The van der Waals surface area contributed by atoms with Gasteiger partial charge in [-0.2, -0.15) is 5.10 Å². The van der Waals surface area contributed by atoms with Gasteiger partial charge in [0.05, 0.1) is 23.2 Å². The van der Waals surface area contributed by atoms with E-state index >= 15 is 0 Å². The van der Waals surface area contributed by atoms with Gasteiger partial charge in [0.2, 0.25) is 5.91 Å². The Morgan fingerprint density at radius 2 is 2.26 bits per heavy atom. The maximum Gasteiger partial charge on any atom is 0.229 e. The van der Waals surface area contributed by atoms with Gasteiger partial charge in [-0.15, -0.1) is 0 Å². The van der Waals surface area contributed by atoms with E-state index in [1.165, 1.54) is 12.0 Å². The summed E-state index contributed by atoms with van der Waals surface area (Å²) < 4.78 is 25.0. The van der Waals surface area contributed by atoms with Crippen LogP contribution in [0.1, 0.15) is 50.3 Å². The Morgan fingerprint density at radius 3 is 2.91 bits per heavy atom. The van der Waals surface area contributed by atoms with Crippen molar-refractivity contribution < 1.29 is 13.2 Å². The van der Waals surface area contributed by atoms with Gasteiger partial charge >= 0.3 is 0 Å². The van der Waals surface area contributed by atoms with Gasteiger partial charge in [-0.05, 0) is 39.0 Å². The maximum absolute atomic E-state index is 12.3. The number of hydrogen-bond acceptors (Lipinski definition) is 4. The quantitative estimate of drug-likeness (QED) is 0.855. The highest BCUT2D eigenvalue weighted by atomic mass is 32.2. The fraction of sp³-hybridized carbons (Fsp3) is 0.625. The fourth-order valence-corrected chi connectivity index (χ4v) is 5.01. The van der Waals surface area contributed by atoms with Gasteiger partial charge in [-0.25, -0.2) is 13.1 Å². The number of nitrogens with zero attached hydrogens (tertiary/aromatic N) is 2. The first kappa shape index (κ1) is 16.2. The summed E-state index contributed by atoms with van der Waals surface area (Å²) in [6.07, 6.45) is 7.52. The highest BCUT2D eigenvalue weighted by Crippen LogP contribution is 2.27. The second-order valence-corrected chi connectivity index (χ2v) is 8.73. The first-order valence-corrected chi connectivity index (χ1v) is 9.99. The zero-order valence-electron chi connectivity index (χ0n) is 13.4. The molecule has 1 N–H and O–H groups in total. The summed E-state index contributed by atoms with van der Waals surface area (Å²) in [7, 11) is -2.98. The van der Waals surface area contributed by atoms with Crippen LogP contribution in [0, 0.1) is 6.92 Å². The zero-order valence-corrected chi connectivity index (χ0v) is 14.2. The lowest BCUT2D eigenvalue weighted by Crippen LogP contribution is -2.20. The minimum atomic E-state index is -2.98. The summed E-state index contributed by atoms with van der Waals surface area (Å²) >= 11 is 0. The topological polar surface area (TPSA) is 81.1 Å². The Balaban J connectivity index is 1.70. The van der Waals surface area contributed by atoms with Crippen LogP contribution in [0.2, 0.25) is 0 Å². The predicted molar refractivity (Wildman–Crippen MR) is 89.1 cm³/mol. The zero-order chi connectivity index (χ0) is 16.4. The lowest BCUT2D eigenvalue weighted by atomic mass is 9.97. The van der Waals surface area contributed by atoms with Crippen LogP contribution in [0.15, 0.2) is 17.7 Å². The summed E-state index contributed by atoms with van der Waals surface area (Å²) in [6.45, 7) is 1.85. The number of allylic oxidation sites excluding steroid dienone is 1. The fourth-order valence-electron chi connectivity index (χ4n) is 3.32. The van der Waals surface area contributed by atoms with E-state index in [9.17, 15) is 13.2 Å². The average molecular weight is 337 g/mol. The molecule has 3 rings (SSSR count). The molecule has 1 aromatic rings. The number of anilines is 1. The highest BCUT2D eigenvalue weighted by Gasteiger charge is 2.31. The standard InChI is InChI=1S/C16H23N3O3S/c1-12-9-15(17-16(20)10-13-5-3-2-4-6-13)19(18-12)14-7-8-23(21,22)11-14/h5,9,14H,2-4,6-8,10-11H2,1H3,(H,17,20)/t14-/m1/s1. The molecule has 1 aliphatic carbocycles. The van der Waals surface area contributed by atoms with Crippen molar-refractivity contribution in [1.29, 1.82) is 0 Å². The number of carbonyl (C=O) groups is 1. The molecule has 0 aromatic carbocycles. The molecule has 126 valence electrons. The SMILES string of the molecule is Cc1cc(NC(=O)CC2=CCCCC2)n([C@@H]2CCS(=O)(=O)C2)n1. The van der Waals surface area contributed by atoms with Crippen molar-refractivity contribution in [3.05, 3.63) is 23.4 Å². The van der Waals surface area contributed by atoms with E-state index in [0.717, 1.165) is 25.0 Å². The van der Waals surface area contributed by atoms with Crippen molar-refractivity contribution in [1.82, 2.24) is 9.78 Å². The van der Waals surface area contributed by atoms with Crippen molar-refractivity contribution in [3.63, 3.8) is 0 Å². The van der Waals surface area contributed by atoms with Crippen molar-refractivity contribution in [2.75, 3.05) is 16.8 Å². The number of aromatic nitrogens is 2. The minimum Gasteiger partial charge on any atom is -0.311 e. The van der Waals surface area contributed by atoms with Crippen molar-refractivity contribution in [3.8, 4) is 0 Å². The molecule has 0 saturated carbocycles. The Bertz CT molecular complexity index is 734. The molecule has 7 heteroatoms. The largest absolute Gasteiger partial charge is 0.311 e. The van der Waals surface area contributed by atoms with Gasteiger partial charge in [-0.3, -0.25) is 4.79 Å². The van der Waals surface area contributed by atoms with Gasteiger partial charge in [-0.1, -0.05) is 11.6 Å². The molecule has 23 heavy (non-hydrogen) atoms. The number of hydrogen-bond donors (Lipinski definition) is 1. The molecular formula is C16H23N3O3S. The predicted octanol–water partition coefficient (Wildman–Crippen LogP) is 2.38. The number of amides is 1. The van der Waals surface area contributed by atoms with Crippen molar-refractivity contribution >= 4 is 21.6 Å². The van der Waals surface area contributed by atoms with Crippen LogP contribution in [-0.2, 0) is 14.6 Å². The molecule has 2 aliphatic rings. The molecule has 0 bridgehead atoms. The van der Waals surface area contributed by atoms with Crippen LogP contribution in [0.5, 0.6) is 0 Å². The van der Waals surface area contributed by atoms with Crippen LogP contribution in [0.4, 0.5) is 5.82 Å². The summed E-state index contributed by atoms with van der Waals surface area (Å²) in [5.41, 5.74) is 1.97. The lowest BCUT2D eigenvalue weighted by Gasteiger charge is -2.15. The van der Waals surface area contributed by atoms with Crippen LogP contribution >= 0.6 is 0 Å². The molecule has 0 spiro atoms. The van der Waals surface area contributed by atoms with Crippen molar-refractivity contribution in [2.45, 2.75) is 51.5 Å². The number of sulfone groups is 1. The van der Waals surface area contributed by atoms with Crippen LogP contribution in [0.25, 0.3) is 0 Å². The third kappa shape index (κ3) is 4.02. The molecule has 1 amide bonds. The Labute approximate surface area is 136 Å². The Morgan fingerprint density at radius 1 is 1.43 bits per heavy atom. The van der Waals surface area contributed by atoms with Gasteiger partial charge < -0.3 is 5.32 Å². The molecule has 2 heterocycles. The van der Waals surface area contributed by atoms with Crippen LogP contribution in [-0.4, -0.2) is 35.6 Å². The summed E-state index contributed by atoms with van der Waals surface area (Å²) in [4.78, 5) is 12.3. The van der Waals surface area contributed by atoms with Crippen LogP contribution < -0.4 is 5.32 Å². The molecular weight excluding hydrogens is 314 g/mol. The molecule has 6 nitrogen and oxygen atoms in total. The van der Waals surface area contributed by atoms with E-state index in [1.807, 2.05) is 6.92 Å². The molecule has 1 aliphatic heterocycles. The van der Waals surface area contributed by atoms with Crippen LogP contribution in [0.3, 0.4) is 0 Å². The highest BCUT2D eigenvalue weighted by molar-refractivity contribution is 7.91. The van der Waals surface area contributed by atoms with Gasteiger partial charge in [0.15, 0.2) is 9.84 Å².